The Morgan fingerprint density at radius 2 is 1.92 bits per heavy atom. The highest BCUT2D eigenvalue weighted by molar-refractivity contribution is 6.02. The van der Waals surface area contributed by atoms with Crippen LogP contribution in [0.4, 0.5) is 0 Å². The summed E-state index contributed by atoms with van der Waals surface area (Å²) >= 11 is 0. The zero-order valence-electron chi connectivity index (χ0n) is 13.1. The Morgan fingerprint density at radius 1 is 1.08 bits per heavy atom. The Morgan fingerprint density at radius 3 is 2.75 bits per heavy atom. The minimum atomic E-state index is 0.0979. The van der Waals surface area contributed by atoms with E-state index in [1.165, 1.54) is 0 Å². The number of nitrogens with two attached hydrogens (primary N) is 1. The molecule has 0 saturated carbocycles. The first-order chi connectivity index (χ1) is 11.9. The van der Waals surface area contributed by atoms with E-state index in [4.69, 9.17) is 10.7 Å². The van der Waals surface area contributed by atoms with Crippen molar-refractivity contribution < 1.29 is 0 Å². The van der Waals surface area contributed by atoms with Crippen LogP contribution < -0.4 is 5.73 Å². The molecule has 0 spiro atoms. The molecular weight excluding hydrogens is 302 g/mol. The SMILES string of the molecule is NCCn1c(CC2C=CN=C2c2ncccn2)nc2cccnc21. The van der Waals surface area contributed by atoms with Crippen molar-refractivity contribution in [2.45, 2.75) is 13.0 Å². The molecule has 0 fully saturated rings. The lowest BCUT2D eigenvalue weighted by Crippen LogP contribution is -2.20. The number of nitrogens with zero attached hydrogens (tertiary/aromatic N) is 6. The fourth-order valence-electron chi connectivity index (χ4n) is 2.96. The van der Waals surface area contributed by atoms with Crippen LogP contribution in [0.1, 0.15) is 11.6 Å². The summed E-state index contributed by atoms with van der Waals surface area (Å²) in [5.74, 6) is 1.71. The lowest BCUT2D eigenvalue weighted by Gasteiger charge is -2.12. The Hall–Kier alpha value is -2.93. The summed E-state index contributed by atoms with van der Waals surface area (Å²) in [6.07, 6.45) is 9.82. The Bertz CT molecular complexity index is 911. The average Bonchev–Trinajstić information content (AvgIpc) is 3.22. The lowest BCUT2D eigenvalue weighted by molar-refractivity contribution is 0.652. The molecule has 3 aromatic heterocycles. The molecule has 2 N–H and O–H groups in total. The fourth-order valence-corrected chi connectivity index (χ4v) is 2.96. The second-order valence-electron chi connectivity index (χ2n) is 5.55. The monoisotopic (exact) mass is 319 g/mol. The lowest BCUT2D eigenvalue weighted by atomic mass is 9.99. The number of aromatic nitrogens is 5. The molecule has 0 radical (unpaired) electrons. The van der Waals surface area contributed by atoms with Gasteiger partial charge in [-0.15, -0.1) is 0 Å². The van der Waals surface area contributed by atoms with Gasteiger partial charge in [0, 0.05) is 50.2 Å². The molecule has 1 aliphatic rings. The first-order valence-electron chi connectivity index (χ1n) is 7.89. The predicted octanol–water partition coefficient (Wildman–Crippen LogP) is 1.36. The summed E-state index contributed by atoms with van der Waals surface area (Å²) < 4.78 is 2.09. The van der Waals surface area contributed by atoms with Gasteiger partial charge in [0.05, 0.1) is 5.71 Å². The van der Waals surface area contributed by atoms with E-state index in [9.17, 15) is 0 Å². The number of imidazole rings is 1. The van der Waals surface area contributed by atoms with Gasteiger partial charge in [-0.1, -0.05) is 6.08 Å². The summed E-state index contributed by atoms with van der Waals surface area (Å²) in [6.45, 7) is 1.23. The van der Waals surface area contributed by atoms with Crippen LogP contribution in [0.2, 0.25) is 0 Å². The van der Waals surface area contributed by atoms with Gasteiger partial charge in [-0.3, -0.25) is 4.99 Å². The Balaban J connectivity index is 1.68. The van der Waals surface area contributed by atoms with Gasteiger partial charge < -0.3 is 10.3 Å². The van der Waals surface area contributed by atoms with Crippen LogP contribution in [-0.2, 0) is 13.0 Å². The van der Waals surface area contributed by atoms with Gasteiger partial charge in [0.2, 0.25) is 0 Å². The zero-order valence-corrected chi connectivity index (χ0v) is 13.1. The molecule has 0 aliphatic carbocycles. The van der Waals surface area contributed by atoms with Crippen molar-refractivity contribution in [2.75, 3.05) is 6.54 Å². The van der Waals surface area contributed by atoms with E-state index in [1.807, 2.05) is 18.3 Å². The molecule has 4 rings (SSSR count). The highest BCUT2D eigenvalue weighted by atomic mass is 15.1. The number of fused-ring (bicyclic) bond motifs is 1. The van der Waals surface area contributed by atoms with Gasteiger partial charge in [0.25, 0.3) is 0 Å². The van der Waals surface area contributed by atoms with Crippen LogP contribution in [0.3, 0.4) is 0 Å². The first-order valence-corrected chi connectivity index (χ1v) is 7.89. The second-order valence-corrected chi connectivity index (χ2v) is 5.55. The first kappa shape index (κ1) is 14.6. The quantitative estimate of drug-likeness (QED) is 0.766. The van der Waals surface area contributed by atoms with Crippen molar-refractivity contribution in [1.82, 2.24) is 24.5 Å². The average molecular weight is 319 g/mol. The predicted molar refractivity (Wildman–Crippen MR) is 91.5 cm³/mol. The van der Waals surface area contributed by atoms with Gasteiger partial charge in [0.1, 0.15) is 11.3 Å². The van der Waals surface area contributed by atoms with E-state index in [-0.39, 0.29) is 5.92 Å². The largest absolute Gasteiger partial charge is 0.329 e. The molecule has 7 heteroatoms. The van der Waals surface area contributed by atoms with E-state index < -0.39 is 0 Å². The van der Waals surface area contributed by atoms with Gasteiger partial charge in [0.15, 0.2) is 11.5 Å². The molecule has 4 heterocycles. The van der Waals surface area contributed by atoms with Gasteiger partial charge in [-0.2, -0.15) is 0 Å². The topological polar surface area (TPSA) is 94.9 Å². The number of hydrogen-bond donors (Lipinski definition) is 1. The maximum absolute atomic E-state index is 5.77. The van der Waals surface area contributed by atoms with E-state index in [0.29, 0.717) is 25.3 Å². The molecule has 24 heavy (non-hydrogen) atoms. The molecule has 0 aromatic carbocycles. The second kappa shape index (κ2) is 6.29. The zero-order chi connectivity index (χ0) is 16.4. The Labute approximate surface area is 139 Å². The smallest absolute Gasteiger partial charge is 0.174 e. The van der Waals surface area contributed by atoms with E-state index in [0.717, 1.165) is 22.7 Å². The van der Waals surface area contributed by atoms with Crippen molar-refractivity contribution >= 4 is 16.9 Å². The number of hydrogen-bond acceptors (Lipinski definition) is 6. The summed E-state index contributed by atoms with van der Waals surface area (Å²) in [4.78, 5) is 22.3. The van der Waals surface area contributed by atoms with Crippen molar-refractivity contribution in [3.8, 4) is 0 Å². The molecule has 7 nitrogen and oxygen atoms in total. The standard InChI is InChI=1S/C17H17N7/c18-5-10-24-14(23-13-3-1-6-22-17(13)24)11-12-4-9-19-15(12)16-20-7-2-8-21-16/h1-4,6-9,12H,5,10-11,18H2. The van der Waals surface area contributed by atoms with Crippen LogP contribution in [0.15, 0.2) is 54.1 Å². The van der Waals surface area contributed by atoms with Gasteiger partial charge >= 0.3 is 0 Å². The van der Waals surface area contributed by atoms with Crippen LogP contribution in [0.25, 0.3) is 11.2 Å². The third kappa shape index (κ3) is 2.59. The number of pyridine rings is 1. The van der Waals surface area contributed by atoms with E-state index in [1.54, 1.807) is 24.7 Å². The van der Waals surface area contributed by atoms with Gasteiger partial charge in [-0.05, 0) is 18.2 Å². The number of aliphatic imine (C=N–C) groups is 1. The minimum absolute atomic E-state index is 0.0979. The molecule has 0 bridgehead atoms. The molecule has 1 unspecified atom stereocenters. The fraction of sp³-hybridized carbons (Fsp3) is 0.235. The Kier molecular flexibility index (Phi) is 3.84. The van der Waals surface area contributed by atoms with E-state index in [2.05, 4.69) is 30.6 Å². The maximum Gasteiger partial charge on any atom is 0.174 e. The van der Waals surface area contributed by atoms with Crippen LogP contribution in [-0.4, -0.2) is 36.8 Å². The van der Waals surface area contributed by atoms with Crippen molar-refractivity contribution in [2.24, 2.45) is 16.6 Å². The van der Waals surface area contributed by atoms with Crippen molar-refractivity contribution in [3.63, 3.8) is 0 Å². The van der Waals surface area contributed by atoms with Crippen LogP contribution >= 0.6 is 0 Å². The highest BCUT2D eigenvalue weighted by Crippen LogP contribution is 2.22. The molecule has 120 valence electrons. The number of allylic oxidation sites excluding steroid dienone is 1. The van der Waals surface area contributed by atoms with Crippen LogP contribution in [0, 0.1) is 5.92 Å². The summed E-state index contributed by atoms with van der Waals surface area (Å²) in [5.41, 5.74) is 8.40. The molecular formula is C17H17N7. The van der Waals surface area contributed by atoms with Crippen molar-refractivity contribution in [1.29, 1.82) is 0 Å². The summed E-state index contributed by atoms with van der Waals surface area (Å²) in [6, 6.07) is 5.67. The van der Waals surface area contributed by atoms with E-state index >= 15 is 0 Å². The summed E-state index contributed by atoms with van der Waals surface area (Å²) in [7, 11) is 0. The highest BCUT2D eigenvalue weighted by Gasteiger charge is 2.24. The van der Waals surface area contributed by atoms with Gasteiger partial charge in [-0.25, -0.2) is 19.9 Å². The molecule has 0 saturated heterocycles. The third-order valence-corrected chi connectivity index (χ3v) is 4.02. The molecule has 3 aromatic rings. The van der Waals surface area contributed by atoms with Crippen LogP contribution in [0.5, 0.6) is 0 Å². The molecule has 1 atom stereocenters. The molecule has 1 aliphatic heterocycles. The maximum atomic E-state index is 5.77. The normalized spacial score (nSPS) is 16.7. The molecule has 0 amide bonds. The minimum Gasteiger partial charge on any atom is -0.329 e. The third-order valence-electron chi connectivity index (χ3n) is 4.02. The summed E-state index contributed by atoms with van der Waals surface area (Å²) in [5, 5.41) is 0. The van der Waals surface area contributed by atoms with Crippen molar-refractivity contribution in [3.05, 3.63) is 60.7 Å². The number of rotatable bonds is 5.